The summed E-state index contributed by atoms with van der Waals surface area (Å²) >= 11 is 1.50. The number of carbonyl (C=O) groups is 2. The molecule has 0 aliphatic carbocycles. The van der Waals surface area contributed by atoms with Gasteiger partial charge in [-0.2, -0.15) is 0 Å². The fourth-order valence-electron chi connectivity index (χ4n) is 1.58. The van der Waals surface area contributed by atoms with Crippen LogP contribution in [0.5, 0.6) is 0 Å². The molecule has 1 unspecified atom stereocenters. The normalized spacial score (nSPS) is 11.9. The van der Waals surface area contributed by atoms with Crippen molar-refractivity contribution in [3.05, 3.63) is 45.7 Å². The quantitative estimate of drug-likeness (QED) is 0.899. The van der Waals surface area contributed by atoms with Crippen LogP contribution in [0.25, 0.3) is 0 Å². The molecule has 0 spiro atoms. The van der Waals surface area contributed by atoms with Crippen molar-refractivity contribution in [3.63, 3.8) is 0 Å². The smallest absolute Gasteiger partial charge is 0.354 e. The minimum absolute atomic E-state index is 0.0741. The molecule has 0 aromatic carbocycles. The second-order valence-electron chi connectivity index (χ2n) is 4.22. The Morgan fingerprint density at radius 1 is 1.35 bits per heavy atom. The molecule has 2 rings (SSSR count). The zero-order valence-electron chi connectivity index (χ0n) is 11.0. The van der Waals surface area contributed by atoms with Crippen LogP contribution in [0.3, 0.4) is 0 Å². The van der Waals surface area contributed by atoms with E-state index in [4.69, 9.17) is 5.11 Å². The van der Waals surface area contributed by atoms with Crippen molar-refractivity contribution in [2.75, 3.05) is 0 Å². The predicted octanol–water partition coefficient (Wildman–Crippen LogP) is 2.04. The van der Waals surface area contributed by atoms with Crippen molar-refractivity contribution in [1.29, 1.82) is 0 Å². The lowest BCUT2D eigenvalue weighted by atomic mass is 10.2. The first kappa shape index (κ1) is 14.1. The van der Waals surface area contributed by atoms with Gasteiger partial charge in [-0.3, -0.25) is 4.79 Å². The van der Waals surface area contributed by atoms with Crippen molar-refractivity contribution in [2.45, 2.75) is 19.9 Å². The van der Waals surface area contributed by atoms with E-state index in [-0.39, 0.29) is 17.4 Å². The lowest BCUT2D eigenvalue weighted by molar-refractivity contribution is 0.0690. The Bertz CT molecular complexity index is 654. The number of aromatic carboxylic acids is 1. The molecule has 0 aliphatic heterocycles. The summed E-state index contributed by atoms with van der Waals surface area (Å²) in [4.78, 5) is 31.9. The SMILES string of the molecule is Cc1cnc(C(C)NC(=O)c2cccc(C(=O)O)n2)s1. The molecule has 2 aromatic rings. The second kappa shape index (κ2) is 5.79. The molecule has 20 heavy (non-hydrogen) atoms. The van der Waals surface area contributed by atoms with Crippen LogP contribution in [0.1, 0.15) is 43.8 Å². The van der Waals surface area contributed by atoms with E-state index in [1.165, 1.54) is 29.5 Å². The number of aromatic nitrogens is 2. The molecule has 0 bridgehead atoms. The molecule has 104 valence electrons. The molecule has 0 fully saturated rings. The third-order valence-electron chi connectivity index (χ3n) is 2.56. The van der Waals surface area contributed by atoms with Gasteiger partial charge in [-0.1, -0.05) is 6.07 Å². The maximum Gasteiger partial charge on any atom is 0.354 e. The number of carbonyl (C=O) groups excluding carboxylic acids is 1. The molecule has 0 saturated heterocycles. The number of hydrogen-bond donors (Lipinski definition) is 2. The number of amides is 1. The Morgan fingerprint density at radius 3 is 2.65 bits per heavy atom. The standard InChI is InChI=1S/C13H13N3O3S/c1-7-6-14-12(20-7)8(2)15-11(17)9-4-3-5-10(16-9)13(18)19/h3-6,8H,1-2H3,(H,15,17)(H,18,19). The molecule has 1 atom stereocenters. The molecule has 7 heteroatoms. The lowest BCUT2D eigenvalue weighted by Crippen LogP contribution is -2.27. The number of thiazole rings is 1. The largest absolute Gasteiger partial charge is 0.477 e. The van der Waals surface area contributed by atoms with Gasteiger partial charge in [0, 0.05) is 11.1 Å². The molecular weight excluding hydrogens is 278 g/mol. The van der Waals surface area contributed by atoms with Crippen LogP contribution in [0.15, 0.2) is 24.4 Å². The highest BCUT2D eigenvalue weighted by molar-refractivity contribution is 7.11. The van der Waals surface area contributed by atoms with Crippen molar-refractivity contribution in [3.8, 4) is 0 Å². The average Bonchev–Trinajstić information content (AvgIpc) is 2.85. The fraction of sp³-hybridized carbons (Fsp3) is 0.231. The summed E-state index contributed by atoms with van der Waals surface area (Å²) in [5, 5.41) is 12.4. The number of nitrogens with one attached hydrogen (secondary N) is 1. The van der Waals surface area contributed by atoms with E-state index in [9.17, 15) is 9.59 Å². The predicted molar refractivity (Wildman–Crippen MR) is 73.9 cm³/mol. The summed E-state index contributed by atoms with van der Waals surface area (Å²) in [6, 6.07) is 4.05. The van der Waals surface area contributed by atoms with Crippen LogP contribution in [0, 0.1) is 6.92 Å². The van der Waals surface area contributed by atoms with E-state index < -0.39 is 11.9 Å². The van der Waals surface area contributed by atoms with Gasteiger partial charge in [0.2, 0.25) is 0 Å². The molecule has 6 nitrogen and oxygen atoms in total. The summed E-state index contributed by atoms with van der Waals surface area (Å²) in [7, 11) is 0. The Hall–Kier alpha value is -2.28. The van der Waals surface area contributed by atoms with Gasteiger partial charge in [0.1, 0.15) is 16.4 Å². The van der Waals surface area contributed by atoms with Gasteiger partial charge in [-0.25, -0.2) is 14.8 Å². The molecule has 1 amide bonds. The van der Waals surface area contributed by atoms with Crippen LogP contribution < -0.4 is 5.32 Å². The maximum absolute atomic E-state index is 12.0. The third-order valence-corrected chi connectivity index (χ3v) is 3.65. The first-order valence-corrected chi connectivity index (χ1v) is 6.72. The molecular formula is C13H13N3O3S. The highest BCUT2D eigenvalue weighted by Crippen LogP contribution is 2.19. The fourth-order valence-corrected chi connectivity index (χ4v) is 2.36. The Kier molecular flexibility index (Phi) is 4.09. The van der Waals surface area contributed by atoms with Gasteiger partial charge in [-0.15, -0.1) is 11.3 Å². The van der Waals surface area contributed by atoms with E-state index in [1.54, 1.807) is 6.20 Å². The summed E-state index contributed by atoms with van der Waals surface area (Å²) in [5.41, 5.74) is -0.0829. The highest BCUT2D eigenvalue weighted by atomic mass is 32.1. The highest BCUT2D eigenvalue weighted by Gasteiger charge is 2.16. The molecule has 0 radical (unpaired) electrons. The molecule has 0 saturated carbocycles. The minimum Gasteiger partial charge on any atom is -0.477 e. The van der Waals surface area contributed by atoms with Crippen molar-refractivity contribution in [1.82, 2.24) is 15.3 Å². The van der Waals surface area contributed by atoms with Crippen LogP contribution in [0.2, 0.25) is 0 Å². The number of nitrogens with zero attached hydrogens (tertiary/aromatic N) is 2. The van der Waals surface area contributed by atoms with Gasteiger partial charge in [-0.05, 0) is 26.0 Å². The van der Waals surface area contributed by atoms with E-state index in [1.807, 2.05) is 13.8 Å². The molecule has 2 aromatic heterocycles. The summed E-state index contributed by atoms with van der Waals surface area (Å²) < 4.78 is 0. The molecule has 0 aliphatic rings. The summed E-state index contributed by atoms with van der Waals surface area (Å²) in [5.74, 6) is -1.59. The maximum atomic E-state index is 12.0. The monoisotopic (exact) mass is 291 g/mol. The lowest BCUT2D eigenvalue weighted by Gasteiger charge is -2.10. The van der Waals surface area contributed by atoms with E-state index in [0.717, 1.165) is 9.88 Å². The zero-order chi connectivity index (χ0) is 14.7. The van der Waals surface area contributed by atoms with Gasteiger partial charge in [0.25, 0.3) is 5.91 Å². The van der Waals surface area contributed by atoms with Crippen molar-refractivity contribution >= 4 is 23.2 Å². The first-order chi connectivity index (χ1) is 9.47. The number of carboxylic acids is 1. The first-order valence-electron chi connectivity index (χ1n) is 5.91. The van der Waals surface area contributed by atoms with E-state index in [0.29, 0.717) is 0 Å². The Morgan fingerprint density at radius 2 is 2.05 bits per heavy atom. The van der Waals surface area contributed by atoms with Gasteiger partial charge >= 0.3 is 5.97 Å². The van der Waals surface area contributed by atoms with Crippen LogP contribution in [0.4, 0.5) is 0 Å². The van der Waals surface area contributed by atoms with Crippen LogP contribution in [-0.2, 0) is 0 Å². The molecule has 2 heterocycles. The van der Waals surface area contributed by atoms with Crippen molar-refractivity contribution in [2.24, 2.45) is 0 Å². The second-order valence-corrected chi connectivity index (χ2v) is 5.48. The third kappa shape index (κ3) is 3.18. The number of hydrogen-bond acceptors (Lipinski definition) is 5. The zero-order valence-corrected chi connectivity index (χ0v) is 11.8. The van der Waals surface area contributed by atoms with Crippen molar-refractivity contribution < 1.29 is 14.7 Å². The van der Waals surface area contributed by atoms with Crippen LogP contribution >= 0.6 is 11.3 Å². The Labute approximate surface area is 119 Å². The van der Waals surface area contributed by atoms with Gasteiger partial charge in [0.15, 0.2) is 0 Å². The van der Waals surface area contributed by atoms with Gasteiger partial charge < -0.3 is 10.4 Å². The van der Waals surface area contributed by atoms with Crippen LogP contribution in [-0.4, -0.2) is 27.0 Å². The minimum atomic E-state index is -1.16. The molecule has 2 N–H and O–H groups in total. The number of pyridine rings is 1. The average molecular weight is 291 g/mol. The summed E-state index contributed by atoms with van der Waals surface area (Å²) in [6.07, 6.45) is 1.74. The number of aryl methyl sites for hydroxylation is 1. The number of carboxylic acid groups (broad SMARTS) is 1. The van der Waals surface area contributed by atoms with E-state index >= 15 is 0 Å². The van der Waals surface area contributed by atoms with E-state index in [2.05, 4.69) is 15.3 Å². The number of rotatable bonds is 4. The summed E-state index contributed by atoms with van der Waals surface area (Å²) in [6.45, 7) is 3.75. The van der Waals surface area contributed by atoms with Gasteiger partial charge in [0.05, 0.1) is 6.04 Å². The Balaban J connectivity index is 2.12. The topological polar surface area (TPSA) is 92.2 Å².